The molecule has 0 radical (unpaired) electrons. The Kier molecular flexibility index (Phi) is 5.10. The van der Waals surface area contributed by atoms with Gasteiger partial charge in [0.25, 0.3) is 5.56 Å². The lowest BCUT2D eigenvalue weighted by Crippen LogP contribution is -2.50. The SMILES string of the molecule is Cn1c(C2CCCN2C(=O)C2(c3ccccc3)CCOCC2)nc2ccccc2c1=O. The van der Waals surface area contributed by atoms with E-state index in [2.05, 4.69) is 12.1 Å². The summed E-state index contributed by atoms with van der Waals surface area (Å²) < 4.78 is 7.25. The Bertz CT molecular complexity index is 1170. The van der Waals surface area contributed by atoms with E-state index < -0.39 is 5.41 Å². The third kappa shape index (κ3) is 3.26. The van der Waals surface area contributed by atoms with Gasteiger partial charge in [-0.05, 0) is 43.4 Å². The lowest BCUT2D eigenvalue weighted by Gasteiger charge is -2.40. The molecule has 6 heteroatoms. The number of benzene rings is 2. The van der Waals surface area contributed by atoms with Gasteiger partial charge in [0.15, 0.2) is 0 Å². The fourth-order valence-corrected chi connectivity index (χ4v) is 5.19. The molecule has 3 aromatic rings. The fraction of sp³-hybridized carbons (Fsp3) is 0.400. The molecule has 5 rings (SSSR count). The molecular weight excluding hydrogens is 390 g/mol. The van der Waals surface area contributed by atoms with Gasteiger partial charge in [-0.2, -0.15) is 0 Å². The fourth-order valence-electron chi connectivity index (χ4n) is 5.19. The average molecular weight is 418 g/mol. The predicted molar refractivity (Wildman–Crippen MR) is 119 cm³/mol. The molecule has 3 heterocycles. The van der Waals surface area contributed by atoms with Crippen LogP contribution in [0.3, 0.4) is 0 Å². The third-order valence-corrected chi connectivity index (χ3v) is 6.91. The molecule has 1 unspecified atom stereocenters. The normalized spacial score (nSPS) is 20.8. The Morgan fingerprint density at radius 2 is 1.77 bits per heavy atom. The van der Waals surface area contributed by atoms with Gasteiger partial charge < -0.3 is 9.64 Å². The van der Waals surface area contributed by atoms with E-state index in [4.69, 9.17) is 9.72 Å². The van der Waals surface area contributed by atoms with Gasteiger partial charge in [0.1, 0.15) is 5.82 Å². The third-order valence-electron chi connectivity index (χ3n) is 6.91. The molecule has 0 saturated carbocycles. The number of nitrogens with zero attached hydrogens (tertiary/aromatic N) is 3. The maximum atomic E-state index is 14.1. The minimum Gasteiger partial charge on any atom is -0.381 e. The average Bonchev–Trinajstić information content (AvgIpc) is 3.31. The lowest BCUT2D eigenvalue weighted by molar-refractivity contribution is -0.142. The second-order valence-electron chi connectivity index (χ2n) is 8.57. The molecular formula is C25H27N3O3. The molecule has 2 aromatic carbocycles. The second-order valence-corrected chi connectivity index (χ2v) is 8.57. The lowest BCUT2D eigenvalue weighted by atomic mass is 9.73. The number of rotatable bonds is 3. The molecule has 0 N–H and O–H groups in total. The summed E-state index contributed by atoms with van der Waals surface area (Å²) in [7, 11) is 1.76. The maximum Gasteiger partial charge on any atom is 0.261 e. The number of hydrogen-bond acceptors (Lipinski definition) is 4. The van der Waals surface area contributed by atoms with E-state index in [-0.39, 0.29) is 17.5 Å². The van der Waals surface area contributed by atoms with Crippen LogP contribution < -0.4 is 5.56 Å². The summed E-state index contributed by atoms with van der Waals surface area (Å²) in [4.78, 5) is 33.9. The van der Waals surface area contributed by atoms with Gasteiger partial charge in [-0.25, -0.2) is 4.98 Å². The second kappa shape index (κ2) is 7.93. The van der Waals surface area contributed by atoms with Crippen LogP contribution >= 0.6 is 0 Å². The Morgan fingerprint density at radius 3 is 2.55 bits per heavy atom. The molecule has 160 valence electrons. The quantitative estimate of drug-likeness (QED) is 0.656. The van der Waals surface area contributed by atoms with Gasteiger partial charge in [-0.1, -0.05) is 42.5 Å². The number of fused-ring (bicyclic) bond motifs is 1. The van der Waals surface area contributed by atoms with Crippen LogP contribution in [0.25, 0.3) is 10.9 Å². The summed E-state index contributed by atoms with van der Waals surface area (Å²) in [5.41, 5.74) is 1.08. The smallest absolute Gasteiger partial charge is 0.261 e. The molecule has 0 bridgehead atoms. The van der Waals surface area contributed by atoms with E-state index in [0.29, 0.717) is 49.3 Å². The molecule has 2 saturated heterocycles. The van der Waals surface area contributed by atoms with Crippen molar-refractivity contribution in [2.24, 2.45) is 7.05 Å². The molecule has 2 aliphatic rings. The molecule has 2 fully saturated rings. The summed E-state index contributed by atoms with van der Waals surface area (Å²) in [6.45, 7) is 1.83. The first kappa shape index (κ1) is 19.9. The summed E-state index contributed by atoms with van der Waals surface area (Å²) in [5, 5.41) is 0.606. The zero-order valence-corrected chi connectivity index (χ0v) is 17.8. The number of para-hydroxylation sites is 1. The first-order valence-corrected chi connectivity index (χ1v) is 11.0. The standard InChI is InChI=1S/C25H27N3O3/c1-27-22(26-20-11-6-5-10-19(20)23(27)29)21-12-7-15-28(21)24(30)25(13-16-31-17-14-25)18-8-3-2-4-9-18/h2-6,8-11,21H,7,12-17H2,1H3. The zero-order chi connectivity index (χ0) is 21.4. The highest BCUT2D eigenvalue weighted by Gasteiger charge is 2.47. The van der Waals surface area contributed by atoms with Crippen LogP contribution in [0.2, 0.25) is 0 Å². The molecule has 1 atom stereocenters. The van der Waals surface area contributed by atoms with Crippen LogP contribution in [0.5, 0.6) is 0 Å². The predicted octanol–water partition coefficient (Wildman–Crippen LogP) is 3.35. The minimum absolute atomic E-state index is 0.0660. The van der Waals surface area contributed by atoms with Crippen LogP contribution in [-0.2, 0) is 22.0 Å². The van der Waals surface area contributed by atoms with Crippen molar-refractivity contribution in [2.75, 3.05) is 19.8 Å². The van der Waals surface area contributed by atoms with Crippen molar-refractivity contribution in [3.05, 3.63) is 76.3 Å². The summed E-state index contributed by atoms with van der Waals surface area (Å²) in [5.74, 6) is 0.803. The molecule has 6 nitrogen and oxygen atoms in total. The molecule has 1 aromatic heterocycles. The van der Waals surface area contributed by atoms with Crippen LogP contribution in [0.4, 0.5) is 0 Å². The first-order valence-electron chi connectivity index (χ1n) is 11.0. The number of carbonyl (C=O) groups excluding carboxylic acids is 1. The highest BCUT2D eigenvalue weighted by Crippen LogP contribution is 2.41. The summed E-state index contributed by atoms with van der Waals surface area (Å²) >= 11 is 0. The van der Waals surface area contributed by atoms with E-state index in [0.717, 1.165) is 18.4 Å². The highest BCUT2D eigenvalue weighted by atomic mass is 16.5. The molecule has 31 heavy (non-hydrogen) atoms. The van der Waals surface area contributed by atoms with E-state index in [1.54, 1.807) is 17.7 Å². The van der Waals surface area contributed by atoms with E-state index >= 15 is 0 Å². The summed E-state index contributed by atoms with van der Waals surface area (Å²) in [6, 6.07) is 17.3. The van der Waals surface area contributed by atoms with Gasteiger partial charge >= 0.3 is 0 Å². The van der Waals surface area contributed by atoms with Gasteiger partial charge in [0.2, 0.25) is 5.91 Å². The Hall–Kier alpha value is -2.99. The zero-order valence-electron chi connectivity index (χ0n) is 17.8. The highest BCUT2D eigenvalue weighted by molar-refractivity contribution is 5.89. The Balaban J connectivity index is 1.57. The van der Waals surface area contributed by atoms with Gasteiger partial charge in [-0.3, -0.25) is 14.2 Å². The van der Waals surface area contributed by atoms with Crippen LogP contribution in [-0.4, -0.2) is 40.1 Å². The van der Waals surface area contributed by atoms with Crippen molar-refractivity contribution in [1.82, 2.24) is 14.5 Å². The number of ether oxygens (including phenoxy) is 1. The van der Waals surface area contributed by atoms with Crippen LogP contribution in [0, 0.1) is 0 Å². The van der Waals surface area contributed by atoms with Gasteiger partial charge in [-0.15, -0.1) is 0 Å². The van der Waals surface area contributed by atoms with Crippen molar-refractivity contribution in [3.63, 3.8) is 0 Å². The Labute approximate surface area is 181 Å². The van der Waals surface area contributed by atoms with Crippen molar-refractivity contribution < 1.29 is 9.53 Å². The number of likely N-dealkylation sites (tertiary alicyclic amines) is 1. The van der Waals surface area contributed by atoms with Crippen LogP contribution in [0.1, 0.15) is 43.1 Å². The summed E-state index contributed by atoms with van der Waals surface area (Å²) in [6.07, 6.45) is 3.05. The molecule has 0 aliphatic carbocycles. The Morgan fingerprint density at radius 1 is 1.06 bits per heavy atom. The minimum atomic E-state index is -0.586. The molecule has 2 aliphatic heterocycles. The van der Waals surface area contributed by atoms with E-state index in [1.807, 2.05) is 41.3 Å². The largest absolute Gasteiger partial charge is 0.381 e. The molecule has 0 spiro atoms. The van der Waals surface area contributed by atoms with E-state index in [9.17, 15) is 9.59 Å². The number of carbonyl (C=O) groups is 1. The number of hydrogen-bond donors (Lipinski definition) is 0. The number of amides is 1. The van der Waals surface area contributed by atoms with Crippen molar-refractivity contribution >= 4 is 16.8 Å². The van der Waals surface area contributed by atoms with Crippen molar-refractivity contribution in [2.45, 2.75) is 37.1 Å². The first-order chi connectivity index (χ1) is 15.1. The van der Waals surface area contributed by atoms with Gasteiger partial charge in [0.05, 0.1) is 22.4 Å². The number of aromatic nitrogens is 2. The van der Waals surface area contributed by atoms with E-state index in [1.165, 1.54) is 0 Å². The topological polar surface area (TPSA) is 64.4 Å². The maximum absolute atomic E-state index is 14.1. The van der Waals surface area contributed by atoms with Crippen molar-refractivity contribution in [3.8, 4) is 0 Å². The van der Waals surface area contributed by atoms with Gasteiger partial charge in [0, 0.05) is 26.8 Å². The molecule has 1 amide bonds. The van der Waals surface area contributed by atoms with Crippen LogP contribution in [0.15, 0.2) is 59.4 Å². The monoisotopic (exact) mass is 417 g/mol. The van der Waals surface area contributed by atoms with Crippen molar-refractivity contribution in [1.29, 1.82) is 0 Å².